The van der Waals surface area contributed by atoms with E-state index in [1.54, 1.807) is 31.2 Å². The van der Waals surface area contributed by atoms with Gasteiger partial charge in [0.1, 0.15) is 49.8 Å². The van der Waals surface area contributed by atoms with Crippen molar-refractivity contribution in [2.24, 2.45) is 5.92 Å². The number of hydrogen-bond acceptors (Lipinski definition) is 22. The molecule has 0 saturated carbocycles. The van der Waals surface area contributed by atoms with Crippen LogP contribution in [-0.2, 0) is 95.4 Å². The van der Waals surface area contributed by atoms with Crippen LogP contribution in [0.5, 0.6) is 5.75 Å². The van der Waals surface area contributed by atoms with Gasteiger partial charge in [-0.25, -0.2) is 9.59 Å². The van der Waals surface area contributed by atoms with Gasteiger partial charge in [-0.1, -0.05) is 187 Å². The summed E-state index contributed by atoms with van der Waals surface area (Å²) in [6.45, 7) is 14.9. The van der Waals surface area contributed by atoms with Gasteiger partial charge in [-0.2, -0.15) is 0 Å². The minimum absolute atomic E-state index is 0.0319. The van der Waals surface area contributed by atoms with E-state index in [0.717, 1.165) is 76.4 Å². The Labute approximate surface area is 731 Å². The molecular formula is C87H151Br2N5O26. The van der Waals surface area contributed by atoms with E-state index in [1.807, 2.05) is 20.8 Å². The fraction of sp³-hybridized carbons (Fsp3) is 0.782. The minimum Gasteiger partial charge on any atom is -0.494 e. The number of carbonyl (C=O) groups excluding carboxylic acids is 9. The third-order valence-electron chi connectivity index (χ3n) is 18.2. The average Bonchev–Trinajstić information content (AvgIpc) is 0.938. The van der Waals surface area contributed by atoms with Crippen molar-refractivity contribution in [2.45, 2.75) is 284 Å². The van der Waals surface area contributed by atoms with E-state index >= 15 is 0 Å². The second kappa shape index (κ2) is 90.3. The Hall–Kier alpha value is -6.43. The van der Waals surface area contributed by atoms with Crippen molar-refractivity contribution >= 4 is 108 Å². The lowest BCUT2D eigenvalue weighted by molar-refractivity contribution is -0.144. The molecule has 9 N–H and O–H groups in total. The van der Waals surface area contributed by atoms with Crippen molar-refractivity contribution in [3.05, 3.63) is 29.8 Å². The molecule has 0 unspecified atom stereocenters. The highest BCUT2D eigenvalue weighted by molar-refractivity contribution is 9.09. The fourth-order valence-electron chi connectivity index (χ4n) is 11.2. The van der Waals surface area contributed by atoms with Crippen LogP contribution in [0.3, 0.4) is 0 Å². The molecule has 2 atom stereocenters. The summed E-state index contributed by atoms with van der Waals surface area (Å²) in [7, 11) is 0. The van der Waals surface area contributed by atoms with E-state index in [0.29, 0.717) is 162 Å². The second-order valence-electron chi connectivity index (χ2n) is 28.7. The van der Waals surface area contributed by atoms with E-state index in [2.05, 4.69) is 58.4 Å². The number of rotatable bonds is 83. The van der Waals surface area contributed by atoms with Crippen molar-refractivity contribution in [3.63, 3.8) is 0 Å². The third kappa shape index (κ3) is 87.9. The molecule has 5 amide bonds. The quantitative estimate of drug-likeness (QED) is 0.0216. The zero-order valence-electron chi connectivity index (χ0n) is 72.8. The summed E-state index contributed by atoms with van der Waals surface area (Å²) < 4.78 is 47.0. The Kier molecular flexibility index (Phi) is 88.6. The minimum atomic E-state index is -1.09. The summed E-state index contributed by atoms with van der Waals surface area (Å²) in [5.74, 6) is -4.60. The van der Waals surface area contributed by atoms with Gasteiger partial charge < -0.3 is 89.6 Å². The van der Waals surface area contributed by atoms with Crippen molar-refractivity contribution < 1.29 is 125 Å². The number of halogens is 2. The fourth-order valence-corrected chi connectivity index (χ4v) is 11.7. The standard InChI is InChI=1S/C32H57NO9.C30H49NO7.C14H25BrN2O6.C11H20BrNO4/c1-2-28(34)26-42-24-23-41-22-21-33-30(36)20-19-27(32(39)40)25-29(35)17-15-13-11-9-7-5-3-4-6-8-10-12-14-16-18-31(37)38;1-2-27(32)25-37-24-23-36-22-20-31-29(33)15-13-11-9-7-5-3-4-6-8-10-12-14-21-38-28-18-16-26(17-19-28)30(34)35;1-2-22-7-8-23-10-13(19)17-11(14(20)21)5-3-4-6-16-12(18)9-15;1-2-16-6-7-17-9-11(15)13-5-3-4-10(14)8-12/h27H,2-26H2,1H3,(H,33,36)(H,37,38)(H,39,40);16-19H,2-15,20-25H2,1H3,(H,31,33)(H,34,35);11H,2-10H2,1H3,(H,16,18)(H,17,19)(H,20,21);2-9H2,1H3,(H,13,15)/t27-;;11-;/m1.1./s1. The van der Waals surface area contributed by atoms with Gasteiger partial charge in [0, 0.05) is 90.8 Å². The highest BCUT2D eigenvalue weighted by atomic mass is 79.9. The number of aliphatic carboxylic acids is 3. The Morgan fingerprint density at radius 1 is 0.325 bits per heavy atom. The molecule has 1 aromatic rings. The smallest absolute Gasteiger partial charge is 0.335 e. The van der Waals surface area contributed by atoms with Crippen LogP contribution in [-0.4, -0.2) is 252 Å². The molecule has 694 valence electrons. The SMILES string of the molecule is CCC(=O)COCCOCCNC(=O)CCCCCCCCCCCCCCOc1ccc(C(=O)O)cc1.CCC(=O)COCCOCCNC(=O)CC[C@H](CC(=O)CCCCCCCCCCCCCCCCC(=O)O)C(=O)O.CCOCCOCC(=O)NCCCC(=O)CBr.CCOCCOCC(=O)N[C@H](CCCCNC(=O)CBr)C(=O)O. The van der Waals surface area contributed by atoms with Gasteiger partial charge in [0.15, 0.2) is 11.6 Å². The van der Waals surface area contributed by atoms with Crippen molar-refractivity contribution in [1.29, 1.82) is 0 Å². The first-order chi connectivity index (χ1) is 58.0. The molecular weight excluding hydrogens is 1690 g/mol. The second-order valence-corrected chi connectivity index (χ2v) is 29.8. The highest BCUT2D eigenvalue weighted by Gasteiger charge is 2.23. The summed E-state index contributed by atoms with van der Waals surface area (Å²) in [5, 5.41) is 50.0. The predicted molar refractivity (Wildman–Crippen MR) is 466 cm³/mol. The summed E-state index contributed by atoms with van der Waals surface area (Å²) in [6.07, 6.45) is 34.8. The van der Waals surface area contributed by atoms with Crippen LogP contribution in [0.15, 0.2) is 24.3 Å². The number of aromatic carboxylic acids is 1. The van der Waals surface area contributed by atoms with Crippen molar-refractivity contribution in [1.82, 2.24) is 26.6 Å². The third-order valence-corrected chi connectivity index (χ3v) is 19.4. The summed E-state index contributed by atoms with van der Waals surface area (Å²) in [5.41, 5.74) is 0.276. The largest absolute Gasteiger partial charge is 0.494 e. The Morgan fingerprint density at radius 3 is 1.15 bits per heavy atom. The zero-order valence-corrected chi connectivity index (χ0v) is 76.0. The number of carboxylic acid groups (broad SMARTS) is 4. The van der Waals surface area contributed by atoms with Gasteiger partial charge in [-0.3, -0.25) is 52.7 Å². The molecule has 0 aromatic heterocycles. The predicted octanol–water partition coefficient (Wildman–Crippen LogP) is 13.0. The molecule has 0 aliphatic rings. The van der Waals surface area contributed by atoms with Gasteiger partial charge in [0.25, 0.3) is 0 Å². The molecule has 0 radical (unpaired) electrons. The molecule has 0 heterocycles. The monoisotopic (exact) mass is 1840 g/mol. The number of ether oxygens (including phenoxy) is 9. The van der Waals surface area contributed by atoms with E-state index < -0.39 is 41.7 Å². The van der Waals surface area contributed by atoms with Crippen LogP contribution in [0.4, 0.5) is 0 Å². The van der Waals surface area contributed by atoms with Crippen molar-refractivity contribution in [2.75, 3.05) is 149 Å². The van der Waals surface area contributed by atoms with Crippen LogP contribution in [0, 0.1) is 5.92 Å². The molecule has 0 fully saturated rings. The Morgan fingerprint density at radius 2 is 0.717 bits per heavy atom. The van der Waals surface area contributed by atoms with Gasteiger partial charge in [-0.05, 0) is 95.9 Å². The van der Waals surface area contributed by atoms with Gasteiger partial charge in [0.2, 0.25) is 29.5 Å². The number of unbranched alkanes of at least 4 members (excludes halogenated alkanes) is 25. The molecule has 0 saturated heterocycles. The summed E-state index contributed by atoms with van der Waals surface area (Å²) in [6, 6.07) is 5.59. The zero-order chi connectivity index (χ0) is 89.4. The highest BCUT2D eigenvalue weighted by Crippen LogP contribution is 2.19. The topological polar surface area (TPSA) is 446 Å². The molecule has 0 aliphatic heterocycles. The lowest BCUT2D eigenvalue weighted by Crippen LogP contribution is -2.42. The molecule has 31 nitrogen and oxygen atoms in total. The van der Waals surface area contributed by atoms with Crippen LogP contribution < -0.4 is 31.3 Å². The normalized spacial score (nSPS) is 11.2. The number of hydrogen-bond donors (Lipinski definition) is 9. The van der Waals surface area contributed by atoms with Gasteiger partial charge in [0.05, 0.1) is 94.8 Å². The summed E-state index contributed by atoms with van der Waals surface area (Å²) >= 11 is 6.11. The number of ketones is 4. The lowest BCUT2D eigenvalue weighted by atomic mass is 9.94. The maximum Gasteiger partial charge on any atom is 0.335 e. The number of carbonyl (C=O) groups is 13. The number of amides is 5. The van der Waals surface area contributed by atoms with E-state index in [4.69, 9.17) is 58.0 Å². The molecule has 0 aliphatic carbocycles. The first-order valence-electron chi connectivity index (χ1n) is 43.8. The molecule has 120 heavy (non-hydrogen) atoms. The van der Waals surface area contributed by atoms with Crippen LogP contribution in [0.1, 0.15) is 288 Å². The average molecular weight is 1840 g/mol. The number of carboxylic acids is 4. The molecule has 1 aromatic carbocycles. The van der Waals surface area contributed by atoms with Crippen molar-refractivity contribution in [3.8, 4) is 5.75 Å². The van der Waals surface area contributed by atoms with E-state index in [9.17, 15) is 67.4 Å². The molecule has 0 bridgehead atoms. The van der Waals surface area contributed by atoms with E-state index in [-0.39, 0.29) is 123 Å². The van der Waals surface area contributed by atoms with Crippen LogP contribution >= 0.6 is 31.9 Å². The van der Waals surface area contributed by atoms with Gasteiger partial charge >= 0.3 is 23.9 Å². The molecule has 0 spiro atoms. The molecule has 33 heteroatoms. The molecule has 1 rings (SSSR count). The van der Waals surface area contributed by atoms with E-state index in [1.165, 1.54) is 96.3 Å². The van der Waals surface area contributed by atoms with Crippen LogP contribution in [0.25, 0.3) is 0 Å². The number of Topliss-reactive ketones (excluding diaryl/α,β-unsaturated/α-hetero) is 4. The maximum absolute atomic E-state index is 12.3. The Bertz CT molecular complexity index is 2780. The van der Waals surface area contributed by atoms with Crippen LogP contribution in [0.2, 0.25) is 0 Å². The first kappa shape index (κ1) is 118. The number of alkyl halides is 2. The summed E-state index contributed by atoms with van der Waals surface area (Å²) in [4.78, 5) is 147. The maximum atomic E-state index is 12.3. The number of benzene rings is 1. The number of nitrogens with one attached hydrogen (secondary N) is 5. The van der Waals surface area contributed by atoms with Gasteiger partial charge in [-0.15, -0.1) is 0 Å². The Balaban J connectivity index is -0.00000160. The first-order valence-corrected chi connectivity index (χ1v) is 46.0. The lowest BCUT2D eigenvalue weighted by Gasteiger charge is -2.14.